The first-order valence-electron chi connectivity index (χ1n) is 7.21. The van der Waals surface area contributed by atoms with Crippen molar-refractivity contribution in [3.05, 3.63) is 59.2 Å². The minimum absolute atomic E-state index is 0. The van der Waals surface area contributed by atoms with Crippen LogP contribution in [-0.4, -0.2) is 44.7 Å². The van der Waals surface area contributed by atoms with Gasteiger partial charge in [-0.05, 0) is 29.3 Å². The molecular formula is C17H10ClF3N3NaO. The van der Waals surface area contributed by atoms with E-state index in [0.29, 0.717) is 28.2 Å². The summed E-state index contributed by atoms with van der Waals surface area (Å²) in [5, 5.41) is 3.76. The molecule has 0 aliphatic rings. The van der Waals surface area contributed by atoms with Crippen molar-refractivity contribution in [2.75, 3.05) is 0 Å². The van der Waals surface area contributed by atoms with Gasteiger partial charge in [0.05, 0.1) is 16.6 Å². The predicted molar refractivity (Wildman–Crippen MR) is 94.2 cm³/mol. The number of benzene rings is 2. The number of halogens is 4. The summed E-state index contributed by atoms with van der Waals surface area (Å²) in [4.78, 5) is 7.37. The van der Waals surface area contributed by atoms with Crippen LogP contribution in [0.2, 0.25) is 5.15 Å². The molecule has 4 aromatic rings. The Hall–Kier alpha value is -1.80. The normalized spacial score (nSPS) is 11.5. The molecule has 26 heavy (non-hydrogen) atoms. The van der Waals surface area contributed by atoms with Gasteiger partial charge in [-0.15, -0.1) is 0 Å². The van der Waals surface area contributed by atoms with Crippen LogP contribution < -0.4 is 0 Å². The molecule has 0 saturated heterocycles. The van der Waals surface area contributed by atoms with Crippen LogP contribution in [0.3, 0.4) is 0 Å². The third kappa shape index (κ3) is 3.53. The second-order valence-corrected chi connectivity index (χ2v) is 5.76. The molecule has 0 saturated carbocycles. The van der Waals surface area contributed by atoms with E-state index in [0.717, 1.165) is 6.07 Å². The van der Waals surface area contributed by atoms with Crippen LogP contribution in [0, 0.1) is 0 Å². The van der Waals surface area contributed by atoms with E-state index in [4.69, 9.17) is 16.1 Å². The molecule has 128 valence electrons. The van der Waals surface area contributed by atoms with Gasteiger partial charge in [-0.25, -0.2) is 4.98 Å². The van der Waals surface area contributed by atoms with Crippen molar-refractivity contribution in [3.8, 4) is 22.7 Å². The van der Waals surface area contributed by atoms with E-state index in [-0.39, 0.29) is 40.3 Å². The van der Waals surface area contributed by atoms with Gasteiger partial charge in [0, 0.05) is 6.07 Å². The fourth-order valence-electron chi connectivity index (χ4n) is 2.64. The average Bonchev–Trinajstić information content (AvgIpc) is 3.19. The fourth-order valence-corrected chi connectivity index (χ4v) is 2.77. The van der Waals surface area contributed by atoms with Crippen LogP contribution in [0.4, 0.5) is 13.2 Å². The maximum atomic E-state index is 13.2. The number of H-pyrrole nitrogens is 1. The molecule has 1 N–H and O–H groups in total. The molecule has 0 bridgehead atoms. The van der Waals surface area contributed by atoms with E-state index >= 15 is 0 Å². The molecule has 0 spiro atoms. The zero-order valence-electron chi connectivity index (χ0n) is 12.4. The zero-order valence-corrected chi connectivity index (χ0v) is 13.2. The van der Waals surface area contributed by atoms with E-state index in [1.54, 1.807) is 24.3 Å². The van der Waals surface area contributed by atoms with Crippen LogP contribution in [0.25, 0.3) is 33.7 Å². The zero-order chi connectivity index (χ0) is 17.6. The van der Waals surface area contributed by atoms with Gasteiger partial charge < -0.3 is 9.51 Å². The summed E-state index contributed by atoms with van der Waals surface area (Å²) < 4.78 is 44.7. The van der Waals surface area contributed by atoms with Crippen molar-refractivity contribution in [2.24, 2.45) is 0 Å². The quantitative estimate of drug-likeness (QED) is 0.497. The number of alkyl halides is 3. The van der Waals surface area contributed by atoms with E-state index in [1.165, 1.54) is 18.2 Å². The van der Waals surface area contributed by atoms with Crippen molar-refractivity contribution < 1.29 is 17.7 Å². The van der Waals surface area contributed by atoms with Crippen LogP contribution in [0.5, 0.6) is 0 Å². The fraction of sp³-hybridized carbons (Fsp3) is 0.0588. The third-order valence-electron chi connectivity index (χ3n) is 3.74. The summed E-state index contributed by atoms with van der Waals surface area (Å²) in [5.74, 6) is 0.745. The number of aromatic amines is 1. The van der Waals surface area contributed by atoms with E-state index < -0.39 is 11.7 Å². The van der Waals surface area contributed by atoms with Gasteiger partial charge in [-0.2, -0.15) is 13.2 Å². The Labute approximate surface area is 172 Å². The molecule has 2 aromatic carbocycles. The van der Waals surface area contributed by atoms with Crippen molar-refractivity contribution in [3.63, 3.8) is 0 Å². The second-order valence-electron chi connectivity index (χ2n) is 5.37. The number of hydrogen-bond donors (Lipinski definition) is 1. The number of fused-ring (bicyclic) bond motifs is 1. The van der Waals surface area contributed by atoms with Crippen molar-refractivity contribution in [1.82, 2.24) is 15.1 Å². The van der Waals surface area contributed by atoms with Gasteiger partial charge >= 0.3 is 35.7 Å². The van der Waals surface area contributed by atoms with E-state index in [2.05, 4.69) is 15.1 Å². The Bertz CT molecular complexity index is 1070. The minimum atomic E-state index is -4.43. The Morgan fingerprint density at radius 1 is 1.04 bits per heavy atom. The summed E-state index contributed by atoms with van der Waals surface area (Å²) in [6, 6.07) is 11.8. The topological polar surface area (TPSA) is 54.7 Å². The first-order chi connectivity index (χ1) is 11.9. The van der Waals surface area contributed by atoms with E-state index in [9.17, 15) is 13.2 Å². The number of hydrogen-bond acceptors (Lipinski definition) is 3. The number of nitrogens with one attached hydrogen (secondary N) is 1. The summed E-state index contributed by atoms with van der Waals surface area (Å²) in [6.07, 6.45) is -4.43. The molecule has 0 aliphatic heterocycles. The van der Waals surface area contributed by atoms with Crippen LogP contribution in [-0.2, 0) is 6.18 Å². The molecule has 4 nitrogen and oxygen atoms in total. The molecule has 4 rings (SSSR count). The van der Waals surface area contributed by atoms with Crippen molar-refractivity contribution in [1.29, 1.82) is 0 Å². The predicted octanol–water partition coefficient (Wildman–Crippen LogP) is 4.91. The molecule has 0 fully saturated rings. The number of rotatable bonds is 2. The average molecular weight is 388 g/mol. The molecule has 9 heteroatoms. The Morgan fingerprint density at radius 3 is 2.50 bits per heavy atom. The SMILES string of the molecule is FC(F)(F)c1ccccc1-c1ccc2[nH]c(-c3cc(Cl)no3)nc2c1.[NaH]. The Morgan fingerprint density at radius 2 is 1.81 bits per heavy atom. The summed E-state index contributed by atoms with van der Waals surface area (Å²) >= 11 is 5.72. The molecule has 0 amide bonds. The van der Waals surface area contributed by atoms with Crippen LogP contribution in [0.15, 0.2) is 53.1 Å². The molecule has 0 radical (unpaired) electrons. The third-order valence-corrected chi connectivity index (χ3v) is 3.92. The number of aromatic nitrogens is 3. The van der Waals surface area contributed by atoms with Crippen molar-refractivity contribution in [2.45, 2.75) is 6.18 Å². The van der Waals surface area contributed by atoms with Gasteiger partial charge in [0.15, 0.2) is 11.0 Å². The van der Waals surface area contributed by atoms with Gasteiger partial charge in [-0.1, -0.05) is 41.0 Å². The van der Waals surface area contributed by atoms with Gasteiger partial charge in [-0.3, -0.25) is 0 Å². The van der Waals surface area contributed by atoms with Gasteiger partial charge in [0.25, 0.3) is 0 Å². The first-order valence-corrected chi connectivity index (χ1v) is 7.58. The number of imidazole rings is 1. The van der Waals surface area contributed by atoms with Crippen molar-refractivity contribution >= 4 is 52.2 Å². The second kappa shape index (κ2) is 7.08. The Kier molecular flexibility index (Phi) is 5.16. The molecule has 0 atom stereocenters. The summed E-state index contributed by atoms with van der Waals surface area (Å²) in [7, 11) is 0. The number of nitrogens with zero attached hydrogens (tertiary/aromatic N) is 2. The monoisotopic (exact) mass is 387 g/mol. The molecular weight excluding hydrogens is 378 g/mol. The molecule has 2 aromatic heterocycles. The first kappa shape index (κ1) is 19.0. The summed E-state index contributed by atoms with van der Waals surface area (Å²) in [5.41, 5.74) is 1.01. The molecule has 0 unspecified atom stereocenters. The standard InChI is InChI=1S/C17H9ClF3N3O.Na.H/c18-15-8-14(25-24-15)16-22-12-6-5-9(7-13(12)23-16)10-3-1-2-4-11(10)17(19,20)21;;/h1-8H,(H,22,23);;. The van der Waals surface area contributed by atoms with Gasteiger partial charge in [0.2, 0.25) is 5.76 Å². The van der Waals surface area contributed by atoms with E-state index in [1.807, 2.05) is 0 Å². The Balaban J connectivity index is 0.00000196. The maximum absolute atomic E-state index is 13.2. The van der Waals surface area contributed by atoms with Crippen LogP contribution >= 0.6 is 11.6 Å². The summed E-state index contributed by atoms with van der Waals surface area (Å²) in [6.45, 7) is 0. The van der Waals surface area contributed by atoms with Crippen LogP contribution in [0.1, 0.15) is 5.56 Å². The molecule has 0 aliphatic carbocycles. The van der Waals surface area contributed by atoms with Gasteiger partial charge in [0.1, 0.15) is 0 Å². The molecule has 2 heterocycles.